The number of hydrogen-bond acceptors (Lipinski definition) is 10. The lowest BCUT2D eigenvalue weighted by Gasteiger charge is -2.14. The monoisotopic (exact) mass is 692 g/mol. The van der Waals surface area contributed by atoms with Crippen LogP contribution >= 0.6 is 23.2 Å². The molecule has 6 aromatic rings. The van der Waals surface area contributed by atoms with E-state index < -0.39 is 0 Å². The van der Waals surface area contributed by atoms with E-state index in [9.17, 15) is 9.59 Å². The van der Waals surface area contributed by atoms with E-state index in [1.165, 1.54) is 0 Å². The predicted molar refractivity (Wildman–Crippen MR) is 196 cm³/mol. The third-order valence-corrected chi connectivity index (χ3v) is 7.13. The van der Waals surface area contributed by atoms with E-state index in [1.807, 2.05) is 60.7 Å². The molecule has 48 heavy (non-hydrogen) atoms. The highest BCUT2D eigenvalue weighted by Gasteiger charge is 2.12. The summed E-state index contributed by atoms with van der Waals surface area (Å²) in [5.41, 5.74) is 13.9. The molecule has 0 saturated carbocycles. The number of nitrogens with one attached hydrogen (secondary N) is 2. The zero-order valence-corrected chi connectivity index (χ0v) is 28.0. The Bertz CT molecular complexity index is 1870. The number of benzene rings is 4. The molecule has 0 unspecified atom stereocenters. The van der Waals surface area contributed by atoms with Gasteiger partial charge in [0.25, 0.3) is 11.1 Å². The van der Waals surface area contributed by atoms with Crippen LogP contribution in [-0.2, 0) is 13.1 Å². The van der Waals surface area contributed by atoms with E-state index in [2.05, 4.69) is 20.6 Å². The number of aliphatic hydroxyl groups is 2. The van der Waals surface area contributed by atoms with Gasteiger partial charge in [-0.25, -0.2) is 9.97 Å². The van der Waals surface area contributed by atoms with Crippen molar-refractivity contribution in [2.75, 3.05) is 37.9 Å². The topological polar surface area (TPSA) is 186 Å². The summed E-state index contributed by atoms with van der Waals surface area (Å²) in [4.78, 5) is 34.3. The molecule has 0 spiro atoms. The first kappa shape index (κ1) is 37.6. The number of halogens is 2. The summed E-state index contributed by atoms with van der Waals surface area (Å²) in [6.45, 7) is 1.50. The molecule has 0 fully saturated rings. The first-order valence-corrected chi connectivity index (χ1v) is 15.5. The molecule has 8 N–H and O–H groups in total. The van der Waals surface area contributed by atoms with E-state index in [4.69, 9.17) is 44.9 Å². The van der Waals surface area contributed by atoms with Crippen molar-refractivity contribution in [3.8, 4) is 0 Å². The fraction of sp³-hybridized carbons (Fsp3) is 0.176. The fourth-order valence-electron chi connectivity index (χ4n) is 4.52. The van der Waals surface area contributed by atoms with Crippen LogP contribution in [0.4, 0.5) is 23.3 Å². The van der Waals surface area contributed by atoms with Crippen LogP contribution in [0.1, 0.15) is 0 Å². The number of nitrogens with two attached hydrogens (primary N) is 2. The van der Waals surface area contributed by atoms with Crippen molar-refractivity contribution in [2.24, 2.45) is 11.5 Å². The second-order valence-corrected chi connectivity index (χ2v) is 10.5. The second-order valence-electron chi connectivity index (χ2n) is 9.66. The molecule has 0 bridgehead atoms. The van der Waals surface area contributed by atoms with Gasteiger partial charge in [0.1, 0.15) is 0 Å². The van der Waals surface area contributed by atoms with Gasteiger partial charge in [-0.05, 0) is 72.8 Å². The summed E-state index contributed by atoms with van der Waals surface area (Å²) in [5.74, 6) is 0.938. The first-order chi connectivity index (χ1) is 23.4. The van der Waals surface area contributed by atoms with Crippen molar-refractivity contribution < 1.29 is 10.2 Å². The maximum Gasteiger partial charge on any atom is 0.262 e. The van der Waals surface area contributed by atoms with Crippen molar-refractivity contribution in [1.82, 2.24) is 19.1 Å². The van der Waals surface area contributed by atoms with Gasteiger partial charge in [0.15, 0.2) is 0 Å². The molecule has 14 heteroatoms. The minimum absolute atomic E-state index is 0.104. The molecule has 0 radical (unpaired) electrons. The van der Waals surface area contributed by atoms with Gasteiger partial charge in [-0.2, -0.15) is 0 Å². The minimum atomic E-state index is -0.104. The lowest BCUT2D eigenvalue weighted by Crippen LogP contribution is -2.27. The number of anilines is 4. The lowest BCUT2D eigenvalue weighted by molar-refractivity contribution is 0.399. The van der Waals surface area contributed by atoms with Gasteiger partial charge in [0, 0.05) is 61.8 Å². The Kier molecular flexibility index (Phi) is 15.0. The van der Waals surface area contributed by atoms with Crippen LogP contribution < -0.4 is 33.2 Å². The van der Waals surface area contributed by atoms with Gasteiger partial charge >= 0.3 is 0 Å². The highest BCUT2D eigenvalue weighted by atomic mass is 35.5. The van der Waals surface area contributed by atoms with Crippen LogP contribution in [0.15, 0.2) is 107 Å². The largest absolute Gasteiger partial charge is 0.400 e. The molecule has 0 atom stereocenters. The van der Waals surface area contributed by atoms with E-state index in [0.717, 1.165) is 25.6 Å². The van der Waals surface area contributed by atoms with Gasteiger partial charge in [-0.1, -0.05) is 47.5 Å². The zero-order chi connectivity index (χ0) is 35.1. The van der Waals surface area contributed by atoms with Crippen molar-refractivity contribution >= 4 is 68.3 Å². The number of aliphatic hydroxyl groups excluding tert-OH is 2. The Morgan fingerprint density at radius 2 is 0.917 bits per heavy atom. The molecule has 4 aromatic carbocycles. The Morgan fingerprint density at radius 3 is 1.25 bits per heavy atom. The van der Waals surface area contributed by atoms with Crippen LogP contribution in [0.2, 0.25) is 10.0 Å². The molecule has 6 rings (SSSR count). The maximum atomic E-state index is 12.6. The molecule has 12 nitrogen and oxygen atoms in total. The quantitative estimate of drug-likeness (QED) is 0.130. The Balaban J connectivity index is 0.000000236. The van der Waals surface area contributed by atoms with E-state index in [0.29, 0.717) is 69.9 Å². The van der Waals surface area contributed by atoms with Gasteiger partial charge in [-0.3, -0.25) is 18.7 Å². The smallest absolute Gasteiger partial charge is 0.262 e. The number of fused-ring (bicyclic) bond motifs is 2. The van der Waals surface area contributed by atoms with Crippen molar-refractivity contribution in [3.63, 3.8) is 0 Å². The molecule has 0 amide bonds. The number of nitrogens with zero attached hydrogens (tertiary/aromatic N) is 4. The Hall–Kier alpha value is -4.82. The van der Waals surface area contributed by atoms with Gasteiger partial charge in [0.05, 0.1) is 21.8 Å². The second kappa shape index (κ2) is 19.1. The van der Waals surface area contributed by atoms with E-state index >= 15 is 0 Å². The summed E-state index contributed by atoms with van der Waals surface area (Å²) in [6.07, 6.45) is 0. The van der Waals surface area contributed by atoms with Crippen LogP contribution in [0.3, 0.4) is 0 Å². The number of hydrogen-bond donors (Lipinski definition) is 6. The average molecular weight is 694 g/mol. The minimum Gasteiger partial charge on any atom is -0.400 e. The van der Waals surface area contributed by atoms with Crippen LogP contribution in [0, 0.1) is 0 Å². The summed E-state index contributed by atoms with van der Waals surface area (Å²) >= 11 is 11.8. The Labute approximate surface area is 287 Å². The summed E-state index contributed by atoms with van der Waals surface area (Å²) in [7, 11) is 2.00. The standard InChI is InChI=1S/2C16H15ClN4O.2CH4O/c2*17-11-5-7-12(8-6-11)19-16-20-14-4-2-1-3-13(14)15(22)21(16)10-9-18;2*1-2/h2*1-8H,9-10,18H2,(H,19,20);2*2H,1H3. The van der Waals surface area contributed by atoms with Gasteiger partial charge in [0.2, 0.25) is 11.9 Å². The fourth-order valence-corrected chi connectivity index (χ4v) is 4.78. The molecule has 0 aliphatic carbocycles. The highest BCUT2D eigenvalue weighted by molar-refractivity contribution is 6.30. The van der Waals surface area contributed by atoms with Crippen LogP contribution in [0.25, 0.3) is 21.8 Å². The third-order valence-electron chi connectivity index (χ3n) is 6.63. The van der Waals surface area contributed by atoms with Gasteiger partial charge in [-0.15, -0.1) is 0 Å². The SMILES string of the molecule is CO.CO.NCCn1c(Nc2ccc(Cl)cc2)nc2ccccc2c1=O.NCCn1c(Nc2ccc(Cl)cc2)nc2ccccc2c1=O. The van der Waals surface area contributed by atoms with Crippen molar-refractivity contribution in [1.29, 1.82) is 0 Å². The molecule has 252 valence electrons. The predicted octanol–water partition coefficient (Wildman–Crippen LogP) is 4.72. The third kappa shape index (κ3) is 9.61. The van der Waals surface area contributed by atoms with E-state index in [1.54, 1.807) is 45.5 Å². The highest BCUT2D eigenvalue weighted by Crippen LogP contribution is 2.20. The number of para-hydroxylation sites is 2. The van der Waals surface area contributed by atoms with Crippen LogP contribution in [-0.4, -0.2) is 56.6 Å². The molecule has 0 aliphatic rings. The van der Waals surface area contributed by atoms with Crippen molar-refractivity contribution in [2.45, 2.75) is 13.1 Å². The summed E-state index contributed by atoms with van der Waals surface area (Å²) in [6, 6.07) is 28.9. The van der Waals surface area contributed by atoms with Gasteiger partial charge < -0.3 is 32.3 Å². The number of aromatic nitrogens is 4. The van der Waals surface area contributed by atoms with Crippen molar-refractivity contribution in [3.05, 3.63) is 128 Å². The molecule has 2 heterocycles. The van der Waals surface area contributed by atoms with E-state index in [-0.39, 0.29) is 11.1 Å². The maximum absolute atomic E-state index is 12.6. The summed E-state index contributed by atoms with van der Waals surface area (Å²) in [5, 5.41) is 22.8. The van der Waals surface area contributed by atoms with Crippen LogP contribution in [0.5, 0.6) is 0 Å². The molecular formula is C34H38Cl2N8O4. The zero-order valence-electron chi connectivity index (χ0n) is 26.5. The first-order valence-electron chi connectivity index (χ1n) is 14.7. The average Bonchev–Trinajstić information content (AvgIpc) is 3.12. The molecule has 0 aliphatic heterocycles. The normalized spacial score (nSPS) is 10.2. The Morgan fingerprint density at radius 1 is 0.583 bits per heavy atom. The molecule has 2 aromatic heterocycles. The molecule has 0 saturated heterocycles. The summed E-state index contributed by atoms with van der Waals surface area (Å²) < 4.78 is 3.11. The molecular weight excluding hydrogens is 655 g/mol. The lowest BCUT2D eigenvalue weighted by atomic mass is 10.2. The number of rotatable bonds is 8.